The third-order valence-electron chi connectivity index (χ3n) is 4.79. The van der Waals surface area contributed by atoms with Gasteiger partial charge in [0.25, 0.3) is 11.8 Å². The summed E-state index contributed by atoms with van der Waals surface area (Å²) in [6.45, 7) is 1.70. The van der Waals surface area contributed by atoms with E-state index in [4.69, 9.17) is 5.73 Å². The van der Waals surface area contributed by atoms with E-state index >= 15 is 0 Å². The van der Waals surface area contributed by atoms with Crippen LogP contribution in [0.3, 0.4) is 0 Å². The van der Waals surface area contributed by atoms with Gasteiger partial charge in [-0.05, 0) is 37.8 Å². The molecular weight excluding hydrogens is 320 g/mol. The number of carbonyl (C=O) groups is 3. The summed E-state index contributed by atoms with van der Waals surface area (Å²) in [5, 5.41) is 5.78. The van der Waals surface area contributed by atoms with Crippen molar-refractivity contribution < 1.29 is 19.3 Å². The Bertz CT molecular complexity index is 672. The molecule has 0 radical (unpaired) electrons. The summed E-state index contributed by atoms with van der Waals surface area (Å²) in [6.07, 6.45) is 3.71. The molecule has 1 saturated heterocycles. The number of piperidine rings is 1. The lowest BCUT2D eigenvalue weighted by molar-refractivity contribution is -0.899. The van der Waals surface area contributed by atoms with Crippen LogP contribution in [0.4, 0.5) is 5.69 Å². The van der Waals surface area contributed by atoms with Crippen molar-refractivity contribution in [1.29, 1.82) is 0 Å². The van der Waals surface area contributed by atoms with Gasteiger partial charge in [0.2, 0.25) is 5.91 Å². The number of quaternary nitrogens is 1. The minimum absolute atomic E-state index is 0.155. The first-order chi connectivity index (χ1) is 12.0. The van der Waals surface area contributed by atoms with Crippen LogP contribution in [-0.2, 0) is 9.59 Å². The smallest absolute Gasteiger partial charge is 0.279 e. The summed E-state index contributed by atoms with van der Waals surface area (Å²) >= 11 is 0. The third-order valence-corrected chi connectivity index (χ3v) is 4.79. The highest BCUT2D eigenvalue weighted by Crippen LogP contribution is 2.21. The Labute approximate surface area is 146 Å². The number of carbonyl (C=O) groups excluding carboxylic acids is 3. The van der Waals surface area contributed by atoms with Crippen molar-refractivity contribution in [3.05, 3.63) is 29.8 Å². The standard InChI is InChI=1S/C18H24N4O3/c19-17(24)12-4-3-9-22(10-12)11-16(23)21-15-6-2-1-5-14(15)18(25)20-13-7-8-13/h1-2,5-6,12-13H,3-4,7-11H2,(H2,19,24)(H,20,25)(H,21,23)/p+1/t12-/m0/s1. The molecule has 0 aromatic heterocycles. The number of nitrogens with two attached hydrogens (primary N) is 1. The molecule has 7 heteroatoms. The van der Waals surface area contributed by atoms with E-state index < -0.39 is 0 Å². The molecule has 1 aliphatic carbocycles. The molecule has 0 bridgehead atoms. The van der Waals surface area contributed by atoms with Crippen LogP contribution in [0.5, 0.6) is 0 Å². The van der Waals surface area contributed by atoms with Crippen LogP contribution in [0.15, 0.2) is 24.3 Å². The lowest BCUT2D eigenvalue weighted by Gasteiger charge is -2.27. The van der Waals surface area contributed by atoms with Crippen molar-refractivity contribution in [2.75, 3.05) is 25.0 Å². The molecule has 2 fully saturated rings. The molecule has 2 atom stereocenters. The second-order valence-electron chi connectivity index (χ2n) is 6.96. The van der Waals surface area contributed by atoms with Gasteiger partial charge in [0, 0.05) is 6.04 Å². The zero-order valence-corrected chi connectivity index (χ0v) is 14.2. The Hall–Kier alpha value is -2.41. The summed E-state index contributed by atoms with van der Waals surface area (Å²) in [7, 11) is 0. The number of para-hydroxylation sites is 1. The first kappa shape index (κ1) is 17.4. The highest BCUT2D eigenvalue weighted by atomic mass is 16.2. The van der Waals surface area contributed by atoms with Crippen LogP contribution in [0.2, 0.25) is 0 Å². The number of amides is 3. The maximum atomic E-state index is 12.4. The van der Waals surface area contributed by atoms with E-state index in [0.717, 1.165) is 37.1 Å². The predicted octanol–water partition coefficient (Wildman–Crippen LogP) is -0.702. The van der Waals surface area contributed by atoms with Crippen LogP contribution in [0.1, 0.15) is 36.0 Å². The van der Waals surface area contributed by atoms with E-state index in [0.29, 0.717) is 17.8 Å². The molecule has 1 saturated carbocycles. The normalized spacial score (nSPS) is 22.9. The van der Waals surface area contributed by atoms with Crippen LogP contribution < -0.4 is 21.3 Å². The Morgan fingerprint density at radius 2 is 1.92 bits per heavy atom. The molecule has 5 N–H and O–H groups in total. The minimum Gasteiger partial charge on any atom is -0.369 e. The maximum absolute atomic E-state index is 12.4. The fourth-order valence-corrected chi connectivity index (χ4v) is 3.26. The largest absolute Gasteiger partial charge is 0.369 e. The molecule has 1 heterocycles. The fourth-order valence-electron chi connectivity index (χ4n) is 3.26. The van der Waals surface area contributed by atoms with Gasteiger partial charge in [-0.1, -0.05) is 12.1 Å². The summed E-state index contributed by atoms with van der Waals surface area (Å²) in [5.41, 5.74) is 6.38. The quantitative estimate of drug-likeness (QED) is 0.548. The Morgan fingerprint density at radius 1 is 1.16 bits per heavy atom. The first-order valence-electron chi connectivity index (χ1n) is 8.85. The summed E-state index contributed by atoms with van der Waals surface area (Å²) in [6, 6.07) is 7.28. The number of hydrogen-bond acceptors (Lipinski definition) is 3. The molecule has 3 rings (SSSR count). The van der Waals surface area contributed by atoms with Gasteiger partial charge in [-0.2, -0.15) is 0 Å². The number of anilines is 1. The van der Waals surface area contributed by atoms with Gasteiger partial charge in [0.1, 0.15) is 0 Å². The van der Waals surface area contributed by atoms with Crippen molar-refractivity contribution >= 4 is 23.4 Å². The number of likely N-dealkylation sites (tertiary alicyclic amines) is 1. The topological polar surface area (TPSA) is 106 Å². The second kappa shape index (κ2) is 7.65. The molecule has 1 unspecified atom stereocenters. The SMILES string of the molecule is NC(=O)[C@H]1CCC[NH+](CC(=O)Nc2ccccc2C(=O)NC2CC2)C1. The molecule has 1 aliphatic heterocycles. The van der Waals surface area contributed by atoms with Gasteiger partial charge < -0.3 is 21.3 Å². The highest BCUT2D eigenvalue weighted by molar-refractivity contribution is 6.04. The van der Waals surface area contributed by atoms with Gasteiger partial charge in [-0.15, -0.1) is 0 Å². The zero-order chi connectivity index (χ0) is 17.8. The molecule has 2 aliphatic rings. The highest BCUT2D eigenvalue weighted by Gasteiger charge is 2.29. The number of rotatable bonds is 6. The number of hydrogen-bond donors (Lipinski definition) is 4. The van der Waals surface area contributed by atoms with E-state index in [1.54, 1.807) is 24.3 Å². The first-order valence-corrected chi connectivity index (χ1v) is 8.85. The van der Waals surface area contributed by atoms with Crippen LogP contribution in [0, 0.1) is 5.92 Å². The predicted molar refractivity (Wildman–Crippen MR) is 93.0 cm³/mol. The number of nitrogens with one attached hydrogen (secondary N) is 3. The number of primary amides is 1. The molecule has 1 aromatic rings. The fraction of sp³-hybridized carbons (Fsp3) is 0.500. The van der Waals surface area contributed by atoms with Crippen LogP contribution in [-0.4, -0.2) is 43.4 Å². The molecule has 25 heavy (non-hydrogen) atoms. The molecule has 3 amide bonds. The molecule has 1 aromatic carbocycles. The van der Waals surface area contributed by atoms with E-state index in [9.17, 15) is 14.4 Å². The van der Waals surface area contributed by atoms with Gasteiger partial charge in [0.15, 0.2) is 6.54 Å². The molecular formula is C18H25N4O3+. The van der Waals surface area contributed by atoms with Crippen LogP contribution in [0.25, 0.3) is 0 Å². The van der Waals surface area contributed by atoms with E-state index in [1.165, 1.54) is 0 Å². The second-order valence-corrected chi connectivity index (χ2v) is 6.96. The Balaban J connectivity index is 1.59. The third kappa shape index (κ3) is 4.79. The van der Waals surface area contributed by atoms with Gasteiger partial charge in [0.05, 0.1) is 30.3 Å². The van der Waals surface area contributed by atoms with Gasteiger partial charge >= 0.3 is 0 Å². The minimum atomic E-state index is -0.292. The zero-order valence-electron chi connectivity index (χ0n) is 14.2. The number of benzene rings is 1. The Kier molecular flexibility index (Phi) is 5.33. The van der Waals surface area contributed by atoms with Crippen molar-refractivity contribution in [2.45, 2.75) is 31.7 Å². The van der Waals surface area contributed by atoms with Crippen molar-refractivity contribution in [1.82, 2.24) is 5.32 Å². The summed E-state index contributed by atoms with van der Waals surface area (Å²) < 4.78 is 0. The average molecular weight is 345 g/mol. The van der Waals surface area contributed by atoms with Crippen molar-refractivity contribution in [2.24, 2.45) is 11.7 Å². The van der Waals surface area contributed by atoms with Crippen molar-refractivity contribution in [3.63, 3.8) is 0 Å². The van der Waals surface area contributed by atoms with Crippen LogP contribution >= 0.6 is 0 Å². The van der Waals surface area contributed by atoms with E-state index in [2.05, 4.69) is 10.6 Å². The molecule has 134 valence electrons. The van der Waals surface area contributed by atoms with Gasteiger partial charge in [-0.25, -0.2) is 0 Å². The maximum Gasteiger partial charge on any atom is 0.279 e. The van der Waals surface area contributed by atoms with E-state index in [-0.39, 0.29) is 36.2 Å². The Morgan fingerprint density at radius 3 is 2.64 bits per heavy atom. The van der Waals surface area contributed by atoms with E-state index in [1.807, 2.05) is 0 Å². The lowest BCUT2D eigenvalue weighted by Crippen LogP contribution is -3.14. The lowest BCUT2D eigenvalue weighted by atomic mass is 9.97. The molecule has 0 spiro atoms. The summed E-state index contributed by atoms with van der Waals surface area (Å²) in [5.74, 6) is -0.767. The monoisotopic (exact) mass is 345 g/mol. The van der Waals surface area contributed by atoms with Gasteiger partial charge in [-0.3, -0.25) is 14.4 Å². The summed E-state index contributed by atoms with van der Waals surface area (Å²) in [4.78, 5) is 37.1. The average Bonchev–Trinajstić information content (AvgIpc) is 3.39. The molecule has 7 nitrogen and oxygen atoms in total. The van der Waals surface area contributed by atoms with Crippen molar-refractivity contribution in [3.8, 4) is 0 Å².